The summed E-state index contributed by atoms with van der Waals surface area (Å²) in [4.78, 5) is 11.0. The first-order valence-corrected chi connectivity index (χ1v) is 4.31. The van der Waals surface area contributed by atoms with E-state index in [1.54, 1.807) is 18.2 Å². The van der Waals surface area contributed by atoms with Crippen molar-refractivity contribution in [2.45, 2.75) is 0 Å². The van der Waals surface area contributed by atoms with Gasteiger partial charge in [0.15, 0.2) is 0 Å². The van der Waals surface area contributed by atoms with Gasteiger partial charge in [-0.2, -0.15) is 0 Å². The van der Waals surface area contributed by atoms with Gasteiger partial charge in [-0.05, 0) is 18.2 Å². The number of rotatable bonds is 2. The highest BCUT2D eigenvalue weighted by Crippen LogP contribution is 2.17. The maximum absolute atomic E-state index is 11.0. The maximum Gasteiger partial charge on any atom is 0.358 e. The predicted octanol–water partition coefficient (Wildman–Crippen LogP) is 1.83. The average Bonchev–Trinajstić information content (AvgIpc) is 2.04. The molecule has 0 fully saturated rings. The van der Waals surface area contributed by atoms with E-state index in [0.29, 0.717) is 5.75 Å². The lowest BCUT2D eigenvalue weighted by molar-refractivity contribution is -0.130. The number of ether oxygens (including phenoxy) is 1. The Labute approximate surface area is 84.3 Å². The highest BCUT2D eigenvalue weighted by Gasteiger charge is 2.05. The fourth-order valence-corrected chi connectivity index (χ4v) is 1.08. The smallest absolute Gasteiger partial charge is 0.358 e. The van der Waals surface area contributed by atoms with Crippen molar-refractivity contribution in [3.63, 3.8) is 0 Å². The van der Waals surface area contributed by atoms with Crippen LogP contribution in [-0.4, -0.2) is 5.97 Å². The van der Waals surface area contributed by atoms with Crippen LogP contribution in [0.1, 0.15) is 0 Å². The standard InChI is InChI=1S/C9H8BrNO2/c1-6(11)9(12)13-8-4-2-3-7(10)5-8/h2-5H,1,11H2. The number of hydrogen-bond donors (Lipinski definition) is 1. The monoisotopic (exact) mass is 241 g/mol. The van der Waals surface area contributed by atoms with Crippen LogP contribution in [0.2, 0.25) is 0 Å². The molecule has 0 heterocycles. The Bertz CT molecular complexity index is 349. The Morgan fingerprint density at radius 1 is 1.54 bits per heavy atom. The summed E-state index contributed by atoms with van der Waals surface area (Å²) < 4.78 is 5.70. The molecule has 0 radical (unpaired) electrons. The van der Waals surface area contributed by atoms with Crippen molar-refractivity contribution >= 4 is 21.9 Å². The van der Waals surface area contributed by atoms with E-state index in [-0.39, 0.29) is 5.70 Å². The Morgan fingerprint density at radius 2 is 2.23 bits per heavy atom. The van der Waals surface area contributed by atoms with Crippen LogP contribution in [0.25, 0.3) is 0 Å². The largest absolute Gasteiger partial charge is 0.422 e. The van der Waals surface area contributed by atoms with Crippen molar-refractivity contribution in [1.29, 1.82) is 0 Å². The molecule has 0 atom stereocenters. The minimum Gasteiger partial charge on any atom is -0.422 e. The molecule has 4 heteroatoms. The van der Waals surface area contributed by atoms with Crippen molar-refractivity contribution in [3.8, 4) is 5.75 Å². The number of hydrogen-bond acceptors (Lipinski definition) is 3. The Balaban J connectivity index is 2.75. The number of esters is 1. The lowest BCUT2D eigenvalue weighted by Gasteiger charge is -2.02. The molecule has 0 amide bonds. The Morgan fingerprint density at radius 3 is 2.77 bits per heavy atom. The normalized spacial score (nSPS) is 9.31. The highest BCUT2D eigenvalue weighted by atomic mass is 79.9. The molecular weight excluding hydrogens is 234 g/mol. The van der Waals surface area contributed by atoms with Crippen LogP contribution in [0.4, 0.5) is 0 Å². The van der Waals surface area contributed by atoms with Crippen LogP contribution >= 0.6 is 15.9 Å². The third-order valence-corrected chi connectivity index (χ3v) is 1.76. The second-order valence-corrected chi connectivity index (χ2v) is 3.29. The van der Waals surface area contributed by atoms with Crippen LogP contribution < -0.4 is 10.5 Å². The summed E-state index contributed by atoms with van der Waals surface area (Å²) >= 11 is 3.24. The summed E-state index contributed by atoms with van der Waals surface area (Å²) in [6.45, 7) is 3.27. The molecule has 68 valence electrons. The van der Waals surface area contributed by atoms with Crippen LogP contribution in [0.15, 0.2) is 41.0 Å². The van der Waals surface area contributed by atoms with Gasteiger partial charge in [-0.15, -0.1) is 0 Å². The first-order chi connectivity index (χ1) is 6.09. The first kappa shape index (κ1) is 9.80. The highest BCUT2D eigenvalue weighted by molar-refractivity contribution is 9.10. The predicted molar refractivity (Wildman–Crippen MR) is 53.1 cm³/mol. The average molecular weight is 242 g/mol. The van der Waals surface area contributed by atoms with Gasteiger partial charge in [0.1, 0.15) is 11.4 Å². The third-order valence-electron chi connectivity index (χ3n) is 1.27. The molecule has 0 aliphatic carbocycles. The molecule has 0 aromatic heterocycles. The molecule has 0 saturated carbocycles. The van der Waals surface area contributed by atoms with Crippen molar-refractivity contribution in [3.05, 3.63) is 41.0 Å². The summed E-state index contributed by atoms with van der Waals surface area (Å²) in [6.07, 6.45) is 0. The van der Waals surface area contributed by atoms with Crippen molar-refractivity contribution in [2.75, 3.05) is 0 Å². The molecule has 0 aliphatic heterocycles. The summed E-state index contributed by atoms with van der Waals surface area (Å²) in [5, 5.41) is 0. The molecule has 13 heavy (non-hydrogen) atoms. The SMILES string of the molecule is C=C(N)C(=O)Oc1cccc(Br)c1. The summed E-state index contributed by atoms with van der Waals surface area (Å²) in [5.74, 6) is -0.191. The van der Waals surface area contributed by atoms with E-state index in [1.165, 1.54) is 0 Å². The van der Waals surface area contributed by atoms with Gasteiger partial charge in [-0.1, -0.05) is 28.6 Å². The number of carbonyl (C=O) groups is 1. The quantitative estimate of drug-likeness (QED) is 0.489. The second-order valence-electron chi connectivity index (χ2n) is 2.37. The van der Waals surface area contributed by atoms with Gasteiger partial charge >= 0.3 is 5.97 Å². The third kappa shape index (κ3) is 2.91. The zero-order valence-electron chi connectivity index (χ0n) is 6.79. The van der Waals surface area contributed by atoms with Gasteiger partial charge in [-0.3, -0.25) is 0 Å². The lowest BCUT2D eigenvalue weighted by Crippen LogP contribution is -2.16. The van der Waals surface area contributed by atoms with Crippen LogP contribution in [0, 0.1) is 0 Å². The zero-order valence-corrected chi connectivity index (χ0v) is 8.37. The van der Waals surface area contributed by atoms with Crippen molar-refractivity contribution in [2.24, 2.45) is 5.73 Å². The van der Waals surface area contributed by atoms with Gasteiger partial charge in [0, 0.05) is 4.47 Å². The molecule has 0 aliphatic rings. The van der Waals surface area contributed by atoms with E-state index in [2.05, 4.69) is 22.5 Å². The van der Waals surface area contributed by atoms with Crippen LogP contribution in [0.5, 0.6) is 5.75 Å². The molecule has 1 rings (SSSR count). The second kappa shape index (κ2) is 4.09. The number of benzene rings is 1. The maximum atomic E-state index is 11.0. The van der Waals surface area contributed by atoms with E-state index >= 15 is 0 Å². The van der Waals surface area contributed by atoms with Crippen LogP contribution in [0.3, 0.4) is 0 Å². The number of carbonyl (C=O) groups excluding carboxylic acids is 1. The molecule has 0 bridgehead atoms. The zero-order chi connectivity index (χ0) is 9.84. The van der Waals surface area contributed by atoms with Gasteiger partial charge in [0.05, 0.1) is 0 Å². The lowest BCUT2D eigenvalue weighted by atomic mass is 10.3. The number of nitrogens with two attached hydrogens (primary N) is 1. The van der Waals surface area contributed by atoms with Gasteiger partial charge in [0.2, 0.25) is 0 Å². The minimum absolute atomic E-state index is 0.111. The minimum atomic E-state index is -0.627. The Hall–Kier alpha value is -1.29. The number of halogens is 1. The van der Waals surface area contributed by atoms with E-state index in [0.717, 1.165) is 4.47 Å². The molecule has 1 aromatic carbocycles. The Kier molecular flexibility index (Phi) is 3.08. The molecule has 2 N–H and O–H groups in total. The molecular formula is C9H8BrNO2. The summed E-state index contributed by atoms with van der Waals surface area (Å²) in [6, 6.07) is 6.91. The fourth-order valence-electron chi connectivity index (χ4n) is 0.703. The molecule has 0 spiro atoms. The van der Waals surface area contributed by atoms with Crippen molar-refractivity contribution in [1.82, 2.24) is 0 Å². The summed E-state index contributed by atoms with van der Waals surface area (Å²) in [7, 11) is 0. The van der Waals surface area contributed by atoms with Gasteiger partial charge in [0.25, 0.3) is 0 Å². The van der Waals surface area contributed by atoms with Gasteiger partial charge in [-0.25, -0.2) is 4.79 Å². The fraction of sp³-hybridized carbons (Fsp3) is 0. The van der Waals surface area contributed by atoms with E-state index in [9.17, 15) is 4.79 Å². The van der Waals surface area contributed by atoms with E-state index < -0.39 is 5.97 Å². The molecule has 1 aromatic rings. The van der Waals surface area contributed by atoms with Gasteiger partial charge < -0.3 is 10.5 Å². The topological polar surface area (TPSA) is 52.3 Å². The molecule has 3 nitrogen and oxygen atoms in total. The first-order valence-electron chi connectivity index (χ1n) is 3.51. The van der Waals surface area contributed by atoms with E-state index in [1.807, 2.05) is 6.07 Å². The van der Waals surface area contributed by atoms with Crippen LogP contribution in [-0.2, 0) is 4.79 Å². The molecule has 0 saturated heterocycles. The summed E-state index contributed by atoms with van der Waals surface area (Å²) in [5.41, 5.74) is 5.03. The molecule has 0 unspecified atom stereocenters. The van der Waals surface area contributed by atoms with Crippen molar-refractivity contribution < 1.29 is 9.53 Å². The van der Waals surface area contributed by atoms with E-state index in [4.69, 9.17) is 10.5 Å².